The summed E-state index contributed by atoms with van der Waals surface area (Å²) < 4.78 is 13.1. The van der Waals surface area contributed by atoms with Crippen LogP contribution in [0.5, 0.6) is 0 Å². The minimum Gasteiger partial charge on any atom is -0.346 e. The van der Waals surface area contributed by atoms with Crippen molar-refractivity contribution >= 4 is 5.91 Å². The highest BCUT2D eigenvalue weighted by Crippen LogP contribution is 2.15. The first-order chi connectivity index (χ1) is 8.58. The molecule has 1 aliphatic heterocycles. The molecular formula is C14H17FN2O. The van der Waals surface area contributed by atoms with Crippen LogP contribution in [0, 0.1) is 5.82 Å². The number of hydrogen-bond acceptors (Lipinski definition) is 2. The monoisotopic (exact) mass is 248 g/mol. The average molecular weight is 248 g/mol. The Balaban J connectivity index is 2.03. The highest BCUT2D eigenvalue weighted by molar-refractivity contribution is 5.94. The zero-order chi connectivity index (χ0) is 13.1. The first-order valence-electron chi connectivity index (χ1n) is 6.03. The van der Waals surface area contributed by atoms with Crippen LogP contribution in [0.15, 0.2) is 35.4 Å². The van der Waals surface area contributed by atoms with Gasteiger partial charge in [0.25, 0.3) is 0 Å². The molecule has 2 rings (SSSR count). The van der Waals surface area contributed by atoms with Crippen LogP contribution >= 0.6 is 0 Å². The summed E-state index contributed by atoms with van der Waals surface area (Å²) in [5, 5.41) is 5.98. The number of nitrogens with one attached hydrogen (secondary N) is 2. The maximum absolute atomic E-state index is 13.1. The summed E-state index contributed by atoms with van der Waals surface area (Å²) in [6.45, 7) is 5.24. The molecular weight excluding hydrogens is 231 g/mol. The molecule has 1 fully saturated rings. The Labute approximate surface area is 106 Å². The van der Waals surface area contributed by atoms with Crippen LogP contribution in [0.2, 0.25) is 0 Å². The Hall–Kier alpha value is -1.68. The van der Waals surface area contributed by atoms with Crippen LogP contribution in [-0.2, 0) is 4.79 Å². The Kier molecular flexibility index (Phi) is 3.77. The van der Waals surface area contributed by atoms with Crippen LogP contribution in [0.1, 0.15) is 25.5 Å². The van der Waals surface area contributed by atoms with Crippen molar-refractivity contribution in [2.24, 2.45) is 0 Å². The number of carbonyl (C=O) groups is 1. The van der Waals surface area contributed by atoms with Gasteiger partial charge < -0.3 is 10.6 Å². The summed E-state index contributed by atoms with van der Waals surface area (Å²) in [5.41, 5.74) is 2.67. The molecule has 1 saturated heterocycles. The van der Waals surface area contributed by atoms with Crippen LogP contribution in [-0.4, -0.2) is 19.0 Å². The lowest BCUT2D eigenvalue weighted by Crippen LogP contribution is -2.38. The highest BCUT2D eigenvalue weighted by atomic mass is 19.1. The van der Waals surface area contributed by atoms with Crippen LogP contribution in [0.4, 0.5) is 4.39 Å². The highest BCUT2D eigenvalue weighted by Gasteiger charge is 2.17. The van der Waals surface area contributed by atoms with Gasteiger partial charge in [-0.25, -0.2) is 4.39 Å². The van der Waals surface area contributed by atoms with Crippen molar-refractivity contribution in [3.05, 3.63) is 46.8 Å². The molecule has 3 nitrogen and oxygen atoms in total. The van der Waals surface area contributed by atoms with Crippen LogP contribution in [0.25, 0.3) is 0 Å². The fraction of sp³-hybridized carbons (Fsp3) is 0.357. The van der Waals surface area contributed by atoms with Gasteiger partial charge in [-0.2, -0.15) is 0 Å². The third kappa shape index (κ3) is 2.76. The summed E-state index contributed by atoms with van der Waals surface area (Å²) in [7, 11) is 0. The van der Waals surface area contributed by atoms with Crippen molar-refractivity contribution in [1.29, 1.82) is 0 Å². The van der Waals surface area contributed by atoms with Gasteiger partial charge in [-0.15, -0.1) is 0 Å². The predicted octanol–water partition coefficient (Wildman–Crippen LogP) is 1.92. The van der Waals surface area contributed by atoms with Gasteiger partial charge in [-0.3, -0.25) is 4.79 Å². The molecule has 0 spiro atoms. The van der Waals surface area contributed by atoms with E-state index in [1.54, 1.807) is 12.1 Å². The van der Waals surface area contributed by atoms with Gasteiger partial charge in [0.05, 0.1) is 6.04 Å². The predicted molar refractivity (Wildman–Crippen MR) is 68.5 cm³/mol. The van der Waals surface area contributed by atoms with Gasteiger partial charge in [-0.1, -0.05) is 12.1 Å². The minimum atomic E-state index is -0.285. The summed E-state index contributed by atoms with van der Waals surface area (Å²) in [6, 6.07) is 6.09. The van der Waals surface area contributed by atoms with Crippen molar-refractivity contribution in [3.8, 4) is 0 Å². The lowest BCUT2D eigenvalue weighted by Gasteiger charge is -2.22. The fourth-order valence-electron chi connectivity index (χ4n) is 1.84. The fourth-order valence-corrected chi connectivity index (χ4v) is 1.84. The minimum absolute atomic E-state index is 0.0803. The van der Waals surface area contributed by atoms with Gasteiger partial charge in [0.2, 0.25) is 5.91 Å². The first kappa shape index (κ1) is 12.8. The van der Waals surface area contributed by atoms with Gasteiger partial charge in [0.15, 0.2) is 0 Å². The van der Waals surface area contributed by atoms with Crippen LogP contribution in [0.3, 0.4) is 0 Å². The molecule has 1 aromatic rings. The van der Waals surface area contributed by atoms with Crippen molar-refractivity contribution in [3.63, 3.8) is 0 Å². The zero-order valence-electron chi connectivity index (χ0n) is 10.6. The van der Waals surface area contributed by atoms with E-state index < -0.39 is 0 Å². The molecule has 4 heteroatoms. The quantitative estimate of drug-likeness (QED) is 0.802. The smallest absolute Gasteiger partial charge is 0.247 e. The zero-order valence-corrected chi connectivity index (χ0v) is 10.6. The first-order valence-corrected chi connectivity index (χ1v) is 6.03. The lowest BCUT2D eigenvalue weighted by atomic mass is 10.0. The Morgan fingerprint density at radius 3 is 2.72 bits per heavy atom. The van der Waals surface area contributed by atoms with E-state index in [9.17, 15) is 9.18 Å². The molecule has 0 bridgehead atoms. The molecule has 1 aromatic carbocycles. The topological polar surface area (TPSA) is 41.1 Å². The van der Waals surface area contributed by atoms with E-state index in [0.29, 0.717) is 0 Å². The van der Waals surface area contributed by atoms with Crippen molar-refractivity contribution in [2.75, 3.05) is 13.1 Å². The second-order valence-corrected chi connectivity index (χ2v) is 4.58. The van der Waals surface area contributed by atoms with E-state index in [-0.39, 0.29) is 17.8 Å². The molecule has 0 aromatic heterocycles. The molecule has 1 amide bonds. The molecule has 0 saturated carbocycles. The Morgan fingerprint density at radius 1 is 1.44 bits per heavy atom. The van der Waals surface area contributed by atoms with Gasteiger partial charge in [0.1, 0.15) is 5.82 Å². The molecule has 1 aliphatic rings. The van der Waals surface area contributed by atoms with Crippen molar-refractivity contribution in [2.45, 2.75) is 19.9 Å². The molecule has 0 radical (unpaired) electrons. The molecule has 1 atom stereocenters. The standard InChI is InChI=1S/C14H17FN2O/c1-9(12-7-16-8-12)14(18)17-10(2)11-4-3-5-13(15)6-11/h3-6,10,16H,7-8H2,1-2H3,(H,17,18)/t10-/m1/s1. The maximum Gasteiger partial charge on any atom is 0.247 e. The third-order valence-corrected chi connectivity index (χ3v) is 3.24. The van der Waals surface area contributed by atoms with E-state index in [1.165, 1.54) is 12.1 Å². The maximum atomic E-state index is 13.1. The van der Waals surface area contributed by atoms with Gasteiger partial charge in [0, 0.05) is 18.7 Å². The van der Waals surface area contributed by atoms with E-state index in [1.807, 2.05) is 13.8 Å². The molecule has 0 aliphatic carbocycles. The van der Waals surface area contributed by atoms with Crippen molar-refractivity contribution in [1.82, 2.24) is 10.6 Å². The van der Waals surface area contributed by atoms with Gasteiger partial charge in [-0.05, 0) is 37.1 Å². The lowest BCUT2D eigenvalue weighted by molar-refractivity contribution is -0.118. The summed E-state index contributed by atoms with van der Waals surface area (Å²) in [5.74, 6) is -0.366. The number of hydrogen-bond donors (Lipinski definition) is 2. The summed E-state index contributed by atoms with van der Waals surface area (Å²) in [6.07, 6.45) is 0. The van der Waals surface area contributed by atoms with E-state index in [0.717, 1.165) is 29.8 Å². The molecule has 1 heterocycles. The number of halogens is 1. The second-order valence-electron chi connectivity index (χ2n) is 4.58. The third-order valence-electron chi connectivity index (χ3n) is 3.24. The molecule has 2 N–H and O–H groups in total. The number of amides is 1. The molecule has 96 valence electrons. The number of carbonyl (C=O) groups excluding carboxylic acids is 1. The molecule has 0 unspecified atom stereocenters. The van der Waals surface area contributed by atoms with Crippen LogP contribution < -0.4 is 10.6 Å². The average Bonchev–Trinajstić information content (AvgIpc) is 2.26. The summed E-state index contributed by atoms with van der Waals surface area (Å²) in [4.78, 5) is 12.0. The molecule has 18 heavy (non-hydrogen) atoms. The second kappa shape index (κ2) is 5.31. The van der Waals surface area contributed by atoms with E-state index in [2.05, 4.69) is 10.6 Å². The largest absolute Gasteiger partial charge is 0.346 e. The summed E-state index contributed by atoms with van der Waals surface area (Å²) >= 11 is 0. The van der Waals surface area contributed by atoms with Crippen molar-refractivity contribution < 1.29 is 9.18 Å². The number of benzene rings is 1. The van der Waals surface area contributed by atoms with E-state index >= 15 is 0 Å². The Morgan fingerprint density at radius 2 is 2.17 bits per heavy atom. The van der Waals surface area contributed by atoms with Gasteiger partial charge >= 0.3 is 0 Å². The SMILES string of the molecule is CC(C(=O)N[C@H](C)c1cccc(F)c1)=C1CNC1. The number of rotatable bonds is 3. The van der Waals surface area contributed by atoms with E-state index in [4.69, 9.17) is 0 Å². The normalized spacial score (nSPS) is 15.8. The Bertz CT molecular complexity index is 490.